The second-order valence-electron chi connectivity index (χ2n) is 5.86. The van der Waals surface area contributed by atoms with Gasteiger partial charge in [-0.15, -0.1) is 11.8 Å². The van der Waals surface area contributed by atoms with E-state index in [0.717, 1.165) is 31.8 Å². The maximum absolute atomic E-state index is 12.6. The zero-order valence-electron chi connectivity index (χ0n) is 10.6. The van der Waals surface area contributed by atoms with Gasteiger partial charge in [-0.3, -0.25) is 4.79 Å². The van der Waals surface area contributed by atoms with Crippen molar-refractivity contribution in [1.82, 2.24) is 10.2 Å². The van der Waals surface area contributed by atoms with E-state index in [2.05, 4.69) is 17.1 Å². The molecule has 3 aliphatic rings. The third-order valence-corrected chi connectivity index (χ3v) is 6.07. The molecule has 0 aromatic heterocycles. The number of hydrogen-bond acceptors (Lipinski definition) is 3. The van der Waals surface area contributed by atoms with Crippen LogP contribution in [0.25, 0.3) is 0 Å². The van der Waals surface area contributed by atoms with E-state index in [1.54, 1.807) is 0 Å². The zero-order chi connectivity index (χ0) is 11.9. The molecule has 17 heavy (non-hydrogen) atoms. The molecule has 3 atom stereocenters. The van der Waals surface area contributed by atoms with E-state index in [-0.39, 0.29) is 4.75 Å². The van der Waals surface area contributed by atoms with Crippen LogP contribution in [0.2, 0.25) is 0 Å². The van der Waals surface area contributed by atoms with Crippen LogP contribution in [-0.4, -0.2) is 47.0 Å². The molecule has 4 heteroatoms. The summed E-state index contributed by atoms with van der Waals surface area (Å²) in [7, 11) is 0. The number of thioether (sulfide) groups is 1. The molecular formula is C13H22N2OS. The highest BCUT2D eigenvalue weighted by molar-refractivity contribution is 8.01. The Bertz CT molecular complexity index is 301. The summed E-state index contributed by atoms with van der Waals surface area (Å²) in [6.07, 6.45) is 4.84. The van der Waals surface area contributed by atoms with Gasteiger partial charge in [-0.2, -0.15) is 0 Å². The highest BCUT2D eigenvalue weighted by Crippen LogP contribution is 2.40. The molecule has 0 bridgehead atoms. The molecule has 3 aliphatic heterocycles. The van der Waals surface area contributed by atoms with E-state index in [1.165, 1.54) is 19.3 Å². The Hall–Kier alpha value is -0.220. The van der Waals surface area contributed by atoms with Gasteiger partial charge >= 0.3 is 0 Å². The molecule has 3 heterocycles. The van der Waals surface area contributed by atoms with Crippen LogP contribution in [-0.2, 0) is 4.79 Å². The SMILES string of the molecule is CC1(C(=O)N2CC3CCCNC3C2)CCCS1. The number of fused-ring (bicyclic) bond motifs is 1. The van der Waals surface area contributed by atoms with Gasteiger partial charge in [0.2, 0.25) is 5.91 Å². The third-order valence-electron chi connectivity index (χ3n) is 4.56. The smallest absolute Gasteiger partial charge is 0.238 e. The number of hydrogen-bond donors (Lipinski definition) is 1. The quantitative estimate of drug-likeness (QED) is 0.769. The van der Waals surface area contributed by atoms with Crippen LogP contribution in [0.5, 0.6) is 0 Å². The van der Waals surface area contributed by atoms with Gasteiger partial charge in [-0.05, 0) is 50.8 Å². The van der Waals surface area contributed by atoms with Gasteiger partial charge < -0.3 is 10.2 Å². The van der Waals surface area contributed by atoms with Crippen molar-refractivity contribution in [3.05, 3.63) is 0 Å². The summed E-state index contributed by atoms with van der Waals surface area (Å²) in [5.41, 5.74) is 0. The lowest BCUT2D eigenvalue weighted by Gasteiger charge is -2.28. The highest BCUT2D eigenvalue weighted by Gasteiger charge is 2.44. The molecule has 1 N–H and O–H groups in total. The van der Waals surface area contributed by atoms with Crippen molar-refractivity contribution in [3.63, 3.8) is 0 Å². The molecule has 0 aromatic carbocycles. The van der Waals surface area contributed by atoms with Gasteiger partial charge in [0.1, 0.15) is 0 Å². The average Bonchev–Trinajstić information content (AvgIpc) is 2.94. The number of piperidine rings is 1. The standard InChI is InChI=1S/C13H22N2OS/c1-13(5-3-7-17-13)12(16)15-8-10-4-2-6-14-11(10)9-15/h10-11,14H,2-9H2,1H3. The summed E-state index contributed by atoms with van der Waals surface area (Å²) in [5.74, 6) is 2.26. The first-order valence-electron chi connectivity index (χ1n) is 6.86. The van der Waals surface area contributed by atoms with E-state index in [0.29, 0.717) is 17.9 Å². The molecule has 3 rings (SSSR count). The molecule has 0 spiro atoms. The van der Waals surface area contributed by atoms with Crippen molar-refractivity contribution in [2.24, 2.45) is 5.92 Å². The van der Waals surface area contributed by atoms with Crippen LogP contribution in [0.4, 0.5) is 0 Å². The van der Waals surface area contributed by atoms with E-state index >= 15 is 0 Å². The first kappa shape index (κ1) is 11.8. The van der Waals surface area contributed by atoms with Crippen molar-refractivity contribution in [2.45, 2.75) is 43.4 Å². The van der Waals surface area contributed by atoms with E-state index < -0.39 is 0 Å². The molecule has 0 aromatic rings. The van der Waals surface area contributed by atoms with Crippen molar-refractivity contribution in [2.75, 3.05) is 25.4 Å². The summed E-state index contributed by atoms with van der Waals surface area (Å²) in [6, 6.07) is 0.572. The van der Waals surface area contributed by atoms with Crippen LogP contribution < -0.4 is 5.32 Å². The minimum Gasteiger partial charge on any atom is -0.340 e. The lowest BCUT2D eigenvalue weighted by Crippen LogP contribution is -2.44. The van der Waals surface area contributed by atoms with E-state index in [4.69, 9.17) is 0 Å². The predicted octanol–water partition coefficient (Wildman–Crippen LogP) is 1.48. The number of carbonyl (C=O) groups excluding carboxylic acids is 1. The second kappa shape index (κ2) is 4.47. The Balaban J connectivity index is 1.67. The fraction of sp³-hybridized carbons (Fsp3) is 0.923. The van der Waals surface area contributed by atoms with Gasteiger partial charge in [-0.1, -0.05) is 0 Å². The predicted molar refractivity (Wildman–Crippen MR) is 71.2 cm³/mol. The number of likely N-dealkylation sites (tertiary alicyclic amines) is 1. The normalized spacial score (nSPS) is 41.6. The Morgan fingerprint density at radius 2 is 2.29 bits per heavy atom. The molecule has 3 unspecified atom stereocenters. The average molecular weight is 254 g/mol. The summed E-state index contributed by atoms with van der Waals surface area (Å²) in [4.78, 5) is 14.7. The summed E-state index contributed by atoms with van der Waals surface area (Å²) >= 11 is 1.86. The number of nitrogens with zero attached hydrogens (tertiary/aromatic N) is 1. The van der Waals surface area contributed by atoms with Gasteiger partial charge in [0.25, 0.3) is 0 Å². The molecular weight excluding hydrogens is 232 g/mol. The lowest BCUT2D eigenvalue weighted by atomic mass is 9.94. The molecule has 1 amide bonds. The molecule has 96 valence electrons. The van der Waals surface area contributed by atoms with Gasteiger partial charge in [0.15, 0.2) is 0 Å². The first-order chi connectivity index (χ1) is 8.19. The maximum Gasteiger partial charge on any atom is 0.238 e. The minimum absolute atomic E-state index is 0.118. The Labute approximate surface area is 108 Å². The monoisotopic (exact) mass is 254 g/mol. The molecule has 3 fully saturated rings. The van der Waals surface area contributed by atoms with Crippen LogP contribution in [0.1, 0.15) is 32.6 Å². The molecule has 0 aliphatic carbocycles. The highest BCUT2D eigenvalue weighted by atomic mass is 32.2. The summed E-state index contributed by atoms with van der Waals surface area (Å²) in [6.45, 7) is 5.21. The van der Waals surface area contributed by atoms with E-state index in [9.17, 15) is 4.79 Å². The van der Waals surface area contributed by atoms with Crippen molar-refractivity contribution >= 4 is 17.7 Å². The first-order valence-corrected chi connectivity index (χ1v) is 7.84. The zero-order valence-corrected chi connectivity index (χ0v) is 11.4. The topological polar surface area (TPSA) is 32.3 Å². The Morgan fingerprint density at radius 3 is 3.00 bits per heavy atom. The number of rotatable bonds is 1. The number of carbonyl (C=O) groups is 1. The fourth-order valence-corrected chi connectivity index (χ4v) is 4.78. The van der Waals surface area contributed by atoms with Crippen LogP contribution >= 0.6 is 11.8 Å². The number of amides is 1. The van der Waals surface area contributed by atoms with Crippen molar-refractivity contribution in [3.8, 4) is 0 Å². The lowest BCUT2D eigenvalue weighted by molar-refractivity contribution is -0.132. The molecule has 3 saturated heterocycles. The molecule has 0 radical (unpaired) electrons. The van der Waals surface area contributed by atoms with Gasteiger partial charge in [0, 0.05) is 19.1 Å². The summed E-state index contributed by atoms with van der Waals surface area (Å²) in [5, 5.41) is 3.57. The fourth-order valence-electron chi connectivity index (χ4n) is 3.49. The van der Waals surface area contributed by atoms with Gasteiger partial charge in [-0.25, -0.2) is 0 Å². The second-order valence-corrected chi connectivity index (χ2v) is 7.45. The third kappa shape index (κ3) is 2.10. The van der Waals surface area contributed by atoms with Crippen LogP contribution in [0.15, 0.2) is 0 Å². The Kier molecular flexibility index (Phi) is 3.11. The largest absolute Gasteiger partial charge is 0.340 e. The maximum atomic E-state index is 12.6. The summed E-state index contributed by atoms with van der Waals surface area (Å²) < 4.78 is -0.118. The van der Waals surface area contributed by atoms with Crippen molar-refractivity contribution in [1.29, 1.82) is 0 Å². The number of nitrogens with one attached hydrogen (secondary N) is 1. The van der Waals surface area contributed by atoms with Crippen molar-refractivity contribution < 1.29 is 4.79 Å². The Morgan fingerprint density at radius 1 is 1.41 bits per heavy atom. The van der Waals surface area contributed by atoms with Gasteiger partial charge in [0.05, 0.1) is 4.75 Å². The minimum atomic E-state index is -0.118. The molecule has 3 nitrogen and oxygen atoms in total. The molecule has 0 saturated carbocycles. The van der Waals surface area contributed by atoms with E-state index in [1.807, 2.05) is 11.8 Å². The van der Waals surface area contributed by atoms with Crippen LogP contribution in [0, 0.1) is 5.92 Å². The van der Waals surface area contributed by atoms with Crippen LogP contribution in [0.3, 0.4) is 0 Å².